The molecule has 2 aromatic rings. The van der Waals surface area contributed by atoms with E-state index < -0.39 is 113 Å². The van der Waals surface area contributed by atoms with Crippen molar-refractivity contribution in [2.75, 3.05) is 0 Å². The molecule has 0 spiro atoms. The number of amides is 3. The van der Waals surface area contributed by atoms with E-state index in [4.69, 9.17) is 4.74 Å². The highest BCUT2D eigenvalue weighted by Gasteiger charge is 2.40. The third-order valence-electron chi connectivity index (χ3n) is 6.68. The summed E-state index contributed by atoms with van der Waals surface area (Å²) in [6.45, 7) is 5.55. The highest BCUT2D eigenvalue weighted by Crippen LogP contribution is 2.23. The largest absolute Gasteiger partial charge is 0.505 e. The number of nitrogens with one attached hydrogen (secondary N) is 3. The number of carbonyl (C=O) groups is 4. The van der Waals surface area contributed by atoms with Crippen LogP contribution in [0, 0.1) is 35.4 Å². The second-order valence-electron chi connectivity index (χ2n) is 10.1. The van der Waals surface area contributed by atoms with Crippen LogP contribution in [0.1, 0.15) is 43.7 Å². The summed E-state index contributed by atoms with van der Waals surface area (Å²) in [5, 5.41) is 28.1. The Bertz CT molecular complexity index is 1380. The van der Waals surface area contributed by atoms with Crippen molar-refractivity contribution in [3.8, 4) is 5.75 Å². The average molecular weight is 600 g/mol. The fraction of sp³-hybridized carbons (Fsp3) is 0.462. The predicted octanol–water partition coefficient (Wildman–Crippen LogP) is 0.648. The van der Waals surface area contributed by atoms with Crippen LogP contribution < -0.4 is 16.0 Å². The van der Waals surface area contributed by atoms with Gasteiger partial charge in [0.1, 0.15) is 11.8 Å². The van der Waals surface area contributed by atoms with Crippen molar-refractivity contribution in [2.24, 2.45) is 11.8 Å². The number of aromatic nitrogens is 2. The Hall–Kier alpha value is -4.34. The van der Waals surface area contributed by atoms with Gasteiger partial charge in [-0.2, -0.15) is 18.2 Å². The molecule has 12 nitrogen and oxygen atoms in total. The number of cyclic esters (lactones) is 1. The standard InChI is InChI=1S/C26H29F4N5O7/c1-9(2)20-25(40)32-11(4)17(34-24(39)18-14(36)6-5-7-31-18)23(38)33-13(19(37)10(3)26(41)42-20)8-12-15(27)16(28)22(30)35-21(12)29/h5-7,9-11,13,17,19-20,36-37H,8H2,1-4H3,(H,32,40)(H,33,38)(H,34,39)/t10-,11-,13+,17+,19+,20?/m1/s1. The molecule has 0 aromatic carbocycles. The minimum atomic E-state index is -2.11. The highest BCUT2D eigenvalue weighted by atomic mass is 19.2. The summed E-state index contributed by atoms with van der Waals surface area (Å²) in [6, 6.07) is -2.20. The maximum Gasteiger partial charge on any atom is 0.312 e. The zero-order valence-corrected chi connectivity index (χ0v) is 22.8. The summed E-state index contributed by atoms with van der Waals surface area (Å²) in [5.41, 5.74) is -1.63. The van der Waals surface area contributed by atoms with E-state index in [0.717, 1.165) is 13.0 Å². The summed E-state index contributed by atoms with van der Waals surface area (Å²) >= 11 is 0. The molecule has 1 aliphatic heterocycles. The molecule has 2 aromatic heterocycles. The molecule has 6 atom stereocenters. The fourth-order valence-corrected chi connectivity index (χ4v) is 4.24. The molecule has 3 heterocycles. The number of hydrogen-bond donors (Lipinski definition) is 5. The first kappa shape index (κ1) is 32.2. The van der Waals surface area contributed by atoms with Crippen LogP contribution in [0.5, 0.6) is 5.75 Å². The van der Waals surface area contributed by atoms with Crippen LogP contribution in [0.3, 0.4) is 0 Å². The van der Waals surface area contributed by atoms with Crippen LogP contribution in [-0.4, -0.2) is 74.2 Å². The Morgan fingerprint density at radius 2 is 1.74 bits per heavy atom. The molecule has 1 saturated heterocycles. The Morgan fingerprint density at radius 3 is 2.36 bits per heavy atom. The van der Waals surface area contributed by atoms with E-state index in [1.807, 2.05) is 0 Å². The minimum Gasteiger partial charge on any atom is -0.505 e. The number of aromatic hydroxyl groups is 1. The molecule has 3 rings (SSSR count). The third-order valence-corrected chi connectivity index (χ3v) is 6.68. The number of esters is 1. The summed E-state index contributed by atoms with van der Waals surface area (Å²) in [4.78, 5) is 58.7. The number of pyridine rings is 2. The first-order valence-electron chi connectivity index (χ1n) is 12.8. The molecular weight excluding hydrogens is 570 g/mol. The quantitative estimate of drug-likeness (QED) is 0.187. The lowest BCUT2D eigenvalue weighted by Gasteiger charge is -2.34. The minimum absolute atomic E-state index is 0.480. The van der Waals surface area contributed by atoms with Crippen LogP contribution >= 0.6 is 0 Å². The Balaban J connectivity index is 2.07. The van der Waals surface area contributed by atoms with Crippen molar-refractivity contribution < 1.29 is 51.7 Å². The van der Waals surface area contributed by atoms with Gasteiger partial charge in [-0.3, -0.25) is 19.2 Å². The number of nitrogens with zero attached hydrogens (tertiary/aromatic N) is 2. The van der Waals surface area contributed by atoms with Gasteiger partial charge >= 0.3 is 5.97 Å². The molecule has 42 heavy (non-hydrogen) atoms. The van der Waals surface area contributed by atoms with E-state index in [1.165, 1.54) is 19.2 Å². The van der Waals surface area contributed by atoms with E-state index in [-0.39, 0.29) is 0 Å². The first-order chi connectivity index (χ1) is 19.6. The van der Waals surface area contributed by atoms with Crippen LogP contribution in [-0.2, 0) is 25.5 Å². The molecule has 16 heteroatoms. The van der Waals surface area contributed by atoms with E-state index in [9.17, 15) is 47.0 Å². The van der Waals surface area contributed by atoms with Crippen LogP contribution in [0.15, 0.2) is 18.3 Å². The Kier molecular flexibility index (Phi) is 10.0. The molecule has 0 saturated carbocycles. The van der Waals surface area contributed by atoms with Crippen molar-refractivity contribution in [3.05, 3.63) is 53.1 Å². The number of aliphatic hydroxyl groups excluding tert-OH is 1. The summed E-state index contributed by atoms with van der Waals surface area (Å²) < 4.78 is 61.6. The Labute approximate surface area is 236 Å². The second kappa shape index (κ2) is 13.1. The molecule has 1 aliphatic rings. The zero-order valence-electron chi connectivity index (χ0n) is 22.8. The molecule has 0 bridgehead atoms. The van der Waals surface area contributed by atoms with Gasteiger partial charge in [-0.15, -0.1) is 0 Å². The maximum absolute atomic E-state index is 14.5. The van der Waals surface area contributed by atoms with Crippen molar-refractivity contribution in [2.45, 2.75) is 64.4 Å². The molecule has 3 amide bonds. The Morgan fingerprint density at radius 1 is 1.07 bits per heavy atom. The second-order valence-corrected chi connectivity index (χ2v) is 10.1. The highest BCUT2D eigenvalue weighted by molar-refractivity contribution is 5.98. The molecule has 1 unspecified atom stereocenters. The van der Waals surface area contributed by atoms with Crippen molar-refractivity contribution in [1.29, 1.82) is 0 Å². The van der Waals surface area contributed by atoms with Gasteiger partial charge in [0.25, 0.3) is 17.8 Å². The van der Waals surface area contributed by atoms with Gasteiger partial charge in [0.15, 0.2) is 17.6 Å². The third kappa shape index (κ3) is 6.92. The monoisotopic (exact) mass is 599 g/mol. The van der Waals surface area contributed by atoms with Crippen molar-refractivity contribution in [1.82, 2.24) is 25.9 Å². The van der Waals surface area contributed by atoms with Crippen LogP contribution in [0.25, 0.3) is 0 Å². The molecular formula is C26H29F4N5O7. The van der Waals surface area contributed by atoms with Gasteiger partial charge < -0.3 is 30.9 Å². The van der Waals surface area contributed by atoms with Crippen molar-refractivity contribution >= 4 is 23.7 Å². The predicted molar refractivity (Wildman–Crippen MR) is 134 cm³/mol. The van der Waals surface area contributed by atoms with Gasteiger partial charge in [0.2, 0.25) is 17.7 Å². The van der Waals surface area contributed by atoms with Crippen molar-refractivity contribution in [3.63, 3.8) is 0 Å². The van der Waals surface area contributed by atoms with E-state index >= 15 is 0 Å². The van der Waals surface area contributed by atoms with Gasteiger partial charge in [-0.1, -0.05) is 13.8 Å². The summed E-state index contributed by atoms with van der Waals surface area (Å²) in [5.74, 6) is -14.7. The smallest absolute Gasteiger partial charge is 0.312 e. The number of halogens is 4. The summed E-state index contributed by atoms with van der Waals surface area (Å²) in [7, 11) is 0. The van der Waals surface area contributed by atoms with Crippen LogP contribution in [0.2, 0.25) is 0 Å². The zero-order chi connectivity index (χ0) is 31.5. The van der Waals surface area contributed by atoms with Gasteiger partial charge in [-0.05, 0) is 31.9 Å². The van der Waals surface area contributed by atoms with Gasteiger partial charge in [0, 0.05) is 18.2 Å². The molecule has 0 aliphatic carbocycles. The number of ether oxygens (including phenoxy) is 1. The van der Waals surface area contributed by atoms with E-state index in [2.05, 4.69) is 25.9 Å². The van der Waals surface area contributed by atoms with Crippen LogP contribution in [0.4, 0.5) is 17.6 Å². The van der Waals surface area contributed by atoms with Gasteiger partial charge in [0.05, 0.1) is 24.1 Å². The van der Waals surface area contributed by atoms with E-state index in [1.54, 1.807) is 13.8 Å². The number of hydrogen-bond acceptors (Lipinski definition) is 9. The number of aliphatic hydroxyl groups is 1. The topological polar surface area (TPSA) is 180 Å². The number of rotatable bonds is 5. The average Bonchev–Trinajstić information content (AvgIpc) is 2.93. The van der Waals surface area contributed by atoms with Gasteiger partial charge in [-0.25, -0.2) is 9.37 Å². The molecule has 228 valence electrons. The van der Waals surface area contributed by atoms with E-state index in [0.29, 0.717) is 0 Å². The first-order valence-corrected chi connectivity index (χ1v) is 12.8. The fourth-order valence-electron chi connectivity index (χ4n) is 4.24. The molecule has 0 radical (unpaired) electrons. The lowest BCUT2D eigenvalue weighted by Crippen LogP contribution is -2.62. The SMILES string of the molecule is CC(C)C1OC(=O)[C@H](C)[C@H](O)[C@H](Cc2c(F)nc(F)c(F)c2F)NC(=O)[C@@H](NC(=O)c2ncccc2O)[C@@H](C)NC1=O. The number of carbonyl (C=O) groups excluding carboxylic acids is 4. The summed E-state index contributed by atoms with van der Waals surface area (Å²) in [6.07, 6.45) is -3.22. The normalized spacial score (nSPS) is 25.5. The lowest BCUT2D eigenvalue weighted by molar-refractivity contribution is -0.166. The molecule has 5 N–H and O–H groups in total. The lowest BCUT2D eigenvalue weighted by atomic mass is 9.92. The maximum atomic E-state index is 14.5. The molecule has 1 fully saturated rings.